The van der Waals surface area contributed by atoms with Crippen LogP contribution in [0.4, 0.5) is 15.9 Å². The van der Waals surface area contributed by atoms with E-state index in [-0.39, 0.29) is 4.90 Å². The average molecular weight is 379 g/mol. The van der Waals surface area contributed by atoms with Gasteiger partial charge in [0.25, 0.3) is 0 Å². The Kier molecular flexibility index (Phi) is 5.10. The van der Waals surface area contributed by atoms with Crippen molar-refractivity contribution in [3.05, 3.63) is 41.8 Å². The molecule has 1 aromatic heterocycles. The van der Waals surface area contributed by atoms with Crippen molar-refractivity contribution in [1.29, 1.82) is 0 Å². The Hall–Kier alpha value is -2.26. The third-order valence-corrected chi connectivity index (χ3v) is 6.52. The van der Waals surface area contributed by atoms with E-state index in [1.165, 1.54) is 22.5 Å². The van der Waals surface area contributed by atoms with Gasteiger partial charge in [-0.2, -0.15) is 9.40 Å². The maximum atomic E-state index is 13.3. The summed E-state index contributed by atoms with van der Waals surface area (Å²) in [6.45, 7) is 3.32. The molecule has 0 atom stereocenters. The van der Waals surface area contributed by atoms with Gasteiger partial charge in [0.1, 0.15) is 5.82 Å². The highest BCUT2D eigenvalue weighted by Gasteiger charge is 2.30. The van der Waals surface area contributed by atoms with Gasteiger partial charge in [-0.1, -0.05) is 0 Å². The first-order valence-corrected chi connectivity index (χ1v) is 9.74. The van der Waals surface area contributed by atoms with Crippen LogP contribution >= 0.6 is 0 Å². The monoisotopic (exact) mass is 379 g/mol. The molecule has 1 saturated heterocycles. The minimum Gasteiger partial charge on any atom is -0.376 e. The van der Waals surface area contributed by atoms with E-state index in [2.05, 4.69) is 10.2 Å². The normalized spacial score (nSPS) is 15.9. The summed E-state index contributed by atoms with van der Waals surface area (Å²) < 4.78 is 40.4. The molecule has 0 amide bonds. The Morgan fingerprint density at radius 1 is 1.12 bits per heavy atom. The Morgan fingerprint density at radius 2 is 1.81 bits per heavy atom. The van der Waals surface area contributed by atoms with Crippen LogP contribution in [0.2, 0.25) is 0 Å². The molecule has 0 radical (unpaired) electrons. The number of aromatic nitrogens is 2. The fourth-order valence-electron chi connectivity index (χ4n) is 2.94. The van der Waals surface area contributed by atoms with Crippen molar-refractivity contribution in [2.24, 2.45) is 0 Å². The van der Waals surface area contributed by atoms with E-state index in [9.17, 15) is 12.8 Å². The maximum absolute atomic E-state index is 13.3. The van der Waals surface area contributed by atoms with Crippen LogP contribution in [0, 0.1) is 12.7 Å². The molecule has 1 fully saturated rings. The number of rotatable bonds is 4. The Balaban J connectivity index is 1.74. The molecule has 0 N–H and O–H groups in total. The summed E-state index contributed by atoms with van der Waals surface area (Å²) in [5.74, 6) is 0.289. The molecule has 2 heterocycles. The summed E-state index contributed by atoms with van der Waals surface area (Å²) in [5, 5.41) is 8.17. The summed E-state index contributed by atoms with van der Waals surface area (Å²) in [6.07, 6.45) is 1.68. The molecule has 0 unspecified atom stereocenters. The summed E-state index contributed by atoms with van der Waals surface area (Å²) in [4.78, 5) is 4.11. The van der Waals surface area contributed by atoms with E-state index in [4.69, 9.17) is 0 Å². The molecule has 0 aliphatic carbocycles. The number of anilines is 2. The van der Waals surface area contributed by atoms with Crippen molar-refractivity contribution in [2.75, 3.05) is 50.1 Å². The van der Waals surface area contributed by atoms with E-state index in [0.717, 1.165) is 11.5 Å². The van der Waals surface area contributed by atoms with E-state index in [0.29, 0.717) is 31.7 Å². The standard InChI is InChI=1S/C17H22FN5O2S/c1-13-10-14(18)4-5-16(13)26(24,25)23-8-6-22(7-9-23)17-11-15(21(2)3)12-19-20-17/h4-5,10-12H,6-9H2,1-3H3. The first-order chi connectivity index (χ1) is 12.3. The lowest BCUT2D eigenvalue weighted by molar-refractivity contribution is 0.383. The fraction of sp³-hybridized carbons (Fsp3) is 0.412. The van der Waals surface area contributed by atoms with Crippen LogP contribution in [0.15, 0.2) is 35.4 Å². The van der Waals surface area contributed by atoms with E-state index < -0.39 is 15.8 Å². The lowest BCUT2D eigenvalue weighted by Gasteiger charge is -2.34. The smallest absolute Gasteiger partial charge is 0.243 e. The summed E-state index contributed by atoms with van der Waals surface area (Å²) >= 11 is 0. The number of benzene rings is 1. The van der Waals surface area contributed by atoms with Crippen molar-refractivity contribution in [3.63, 3.8) is 0 Å². The molecule has 140 valence electrons. The Bertz CT molecular complexity index is 896. The molecule has 9 heteroatoms. The van der Waals surface area contributed by atoms with Crippen LogP contribution in [0.25, 0.3) is 0 Å². The number of nitrogens with zero attached hydrogens (tertiary/aromatic N) is 5. The van der Waals surface area contributed by atoms with Gasteiger partial charge >= 0.3 is 0 Å². The highest BCUT2D eigenvalue weighted by atomic mass is 32.2. The molecule has 1 aromatic carbocycles. The van der Waals surface area contributed by atoms with Crippen molar-refractivity contribution < 1.29 is 12.8 Å². The minimum atomic E-state index is -3.64. The molecule has 2 aromatic rings. The second-order valence-electron chi connectivity index (χ2n) is 6.47. The largest absolute Gasteiger partial charge is 0.376 e. The van der Waals surface area contributed by atoms with Gasteiger partial charge in [0, 0.05) is 46.3 Å². The van der Waals surface area contributed by atoms with E-state index >= 15 is 0 Å². The number of aryl methyl sites for hydroxylation is 1. The van der Waals surface area contributed by atoms with Gasteiger partial charge in [-0.25, -0.2) is 12.8 Å². The quantitative estimate of drug-likeness (QED) is 0.802. The van der Waals surface area contributed by atoms with Crippen LogP contribution in [0.1, 0.15) is 5.56 Å². The van der Waals surface area contributed by atoms with E-state index in [1.807, 2.05) is 30.0 Å². The van der Waals surface area contributed by atoms with Crippen molar-refractivity contribution in [2.45, 2.75) is 11.8 Å². The average Bonchev–Trinajstić information content (AvgIpc) is 2.61. The topological polar surface area (TPSA) is 69.6 Å². The van der Waals surface area contributed by atoms with Gasteiger partial charge in [-0.15, -0.1) is 5.10 Å². The number of sulfonamides is 1. The maximum Gasteiger partial charge on any atom is 0.243 e. The predicted octanol–water partition coefficient (Wildman–Crippen LogP) is 1.50. The minimum absolute atomic E-state index is 0.154. The van der Waals surface area contributed by atoms with Gasteiger partial charge < -0.3 is 9.80 Å². The number of hydrogen-bond donors (Lipinski definition) is 0. The van der Waals surface area contributed by atoms with Gasteiger partial charge in [0.15, 0.2) is 5.82 Å². The molecule has 0 bridgehead atoms. The van der Waals surface area contributed by atoms with Crippen molar-refractivity contribution in [3.8, 4) is 0 Å². The van der Waals surface area contributed by atoms with Crippen LogP contribution in [0.3, 0.4) is 0 Å². The zero-order chi connectivity index (χ0) is 18.9. The molecule has 3 rings (SSSR count). The summed E-state index contributed by atoms with van der Waals surface area (Å²) in [7, 11) is 0.213. The molecule has 1 aliphatic rings. The van der Waals surface area contributed by atoms with Gasteiger partial charge in [0.05, 0.1) is 16.8 Å². The first-order valence-electron chi connectivity index (χ1n) is 8.30. The second kappa shape index (κ2) is 7.16. The molecule has 1 aliphatic heterocycles. The first kappa shape index (κ1) is 18.5. The highest BCUT2D eigenvalue weighted by molar-refractivity contribution is 7.89. The van der Waals surface area contributed by atoms with Gasteiger partial charge in [0.2, 0.25) is 10.0 Å². The Labute approximate surface area is 153 Å². The SMILES string of the molecule is Cc1cc(F)ccc1S(=O)(=O)N1CCN(c2cc(N(C)C)cnn2)CC1. The van der Waals surface area contributed by atoms with Crippen LogP contribution < -0.4 is 9.80 Å². The molecular formula is C17H22FN5O2S. The molecular weight excluding hydrogens is 357 g/mol. The lowest BCUT2D eigenvalue weighted by Crippen LogP contribution is -2.49. The molecule has 0 saturated carbocycles. The third-order valence-electron chi connectivity index (χ3n) is 4.46. The van der Waals surface area contributed by atoms with Crippen molar-refractivity contribution >= 4 is 21.5 Å². The Morgan fingerprint density at radius 3 is 2.42 bits per heavy atom. The highest BCUT2D eigenvalue weighted by Crippen LogP contribution is 2.24. The number of halogens is 1. The molecule has 0 spiro atoms. The van der Waals surface area contributed by atoms with Gasteiger partial charge in [-0.05, 0) is 30.7 Å². The zero-order valence-corrected chi connectivity index (χ0v) is 15.9. The number of piperazine rings is 1. The fourth-order valence-corrected chi connectivity index (χ4v) is 4.57. The second-order valence-corrected chi connectivity index (χ2v) is 8.37. The predicted molar refractivity (Wildman–Crippen MR) is 98.5 cm³/mol. The van der Waals surface area contributed by atoms with Crippen LogP contribution in [-0.2, 0) is 10.0 Å². The van der Waals surface area contributed by atoms with Gasteiger partial charge in [-0.3, -0.25) is 0 Å². The van der Waals surface area contributed by atoms with Crippen molar-refractivity contribution in [1.82, 2.24) is 14.5 Å². The molecule has 26 heavy (non-hydrogen) atoms. The third kappa shape index (κ3) is 3.63. The molecule has 7 nitrogen and oxygen atoms in total. The lowest BCUT2D eigenvalue weighted by atomic mass is 10.2. The summed E-state index contributed by atoms with van der Waals surface area (Å²) in [6, 6.07) is 5.68. The zero-order valence-electron chi connectivity index (χ0n) is 15.1. The van der Waals surface area contributed by atoms with Crippen LogP contribution in [-0.4, -0.2) is 63.2 Å². The van der Waals surface area contributed by atoms with Crippen LogP contribution in [0.5, 0.6) is 0 Å². The summed E-state index contributed by atoms with van der Waals surface area (Å²) in [5.41, 5.74) is 1.35. The van der Waals surface area contributed by atoms with E-state index in [1.54, 1.807) is 13.1 Å². The number of hydrogen-bond acceptors (Lipinski definition) is 6.